The van der Waals surface area contributed by atoms with Gasteiger partial charge in [0, 0.05) is 18.5 Å². The number of hydrogen-bond donors (Lipinski definition) is 1. The highest BCUT2D eigenvalue weighted by Gasteiger charge is 2.54. The Morgan fingerprint density at radius 3 is 2.69 bits per heavy atom. The van der Waals surface area contributed by atoms with Gasteiger partial charge < -0.3 is 10.1 Å². The van der Waals surface area contributed by atoms with Crippen LogP contribution in [0.25, 0.3) is 5.69 Å². The van der Waals surface area contributed by atoms with Gasteiger partial charge in [-0.2, -0.15) is 0 Å². The summed E-state index contributed by atoms with van der Waals surface area (Å²) in [5, 5.41) is 7.02. The molecule has 1 amide bonds. The number of carbonyl (C=O) groups excluding carboxylic acids is 1. The summed E-state index contributed by atoms with van der Waals surface area (Å²) in [4.78, 5) is 24.7. The van der Waals surface area contributed by atoms with Crippen LogP contribution < -0.4 is 10.1 Å². The molecule has 1 aliphatic carbocycles. The Morgan fingerprint density at radius 2 is 2.04 bits per heavy atom. The number of hydrogen-bond acceptors (Lipinski definition) is 6. The molecule has 0 aliphatic heterocycles. The summed E-state index contributed by atoms with van der Waals surface area (Å²) in [7, 11) is 1.48. The normalized spacial score (nSPS) is 14.7. The van der Waals surface area contributed by atoms with E-state index in [1.54, 1.807) is 24.7 Å². The van der Waals surface area contributed by atoms with Gasteiger partial charge in [-0.1, -0.05) is 0 Å². The zero-order valence-electron chi connectivity index (χ0n) is 13.9. The average Bonchev–Trinajstić information content (AvgIpc) is 3.35. The van der Waals surface area contributed by atoms with Gasteiger partial charge in [-0.05, 0) is 25.0 Å². The zero-order chi connectivity index (χ0) is 18.1. The van der Waals surface area contributed by atoms with E-state index in [9.17, 15) is 9.18 Å². The fraction of sp³-hybridized carbons (Fsp3) is 0.235. The summed E-state index contributed by atoms with van der Waals surface area (Å²) in [6.45, 7) is 0. The first kappa shape index (κ1) is 16.1. The lowest BCUT2D eigenvalue weighted by atomic mass is 10.00. The lowest BCUT2D eigenvalue weighted by Crippen LogP contribution is -2.29. The summed E-state index contributed by atoms with van der Waals surface area (Å²) in [6.07, 6.45) is 7.37. The van der Waals surface area contributed by atoms with Crippen LogP contribution in [0.1, 0.15) is 18.5 Å². The van der Waals surface area contributed by atoms with Crippen molar-refractivity contribution in [3.05, 3.63) is 54.5 Å². The molecule has 1 N–H and O–H groups in total. The molecule has 0 spiro atoms. The third kappa shape index (κ3) is 2.77. The van der Waals surface area contributed by atoms with Crippen molar-refractivity contribution in [3.63, 3.8) is 0 Å². The van der Waals surface area contributed by atoms with Crippen molar-refractivity contribution in [3.8, 4) is 11.7 Å². The number of pyridine rings is 1. The van der Waals surface area contributed by atoms with Crippen LogP contribution in [0.3, 0.4) is 0 Å². The molecule has 3 aromatic rings. The van der Waals surface area contributed by atoms with Crippen LogP contribution in [0, 0.1) is 5.82 Å². The maximum absolute atomic E-state index is 14.0. The second kappa shape index (κ2) is 6.17. The summed E-state index contributed by atoms with van der Waals surface area (Å²) in [5.41, 5.74) is -0.123. The van der Waals surface area contributed by atoms with Gasteiger partial charge in [-0.3, -0.25) is 9.78 Å². The van der Waals surface area contributed by atoms with Crippen molar-refractivity contribution in [1.82, 2.24) is 24.7 Å². The molecule has 26 heavy (non-hydrogen) atoms. The monoisotopic (exact) mass is 354 g/mol. The standard InChI is InChI=1S/C17H15FN6O2/c1-26-16-20-9-11(10-21-16)24-8-4-13(23-24)22-15(25)17(5-6-17)14-12(18)3-2-7-19-14/h2-4,7-10H,5-6H2,1H3,(H,22,23,25). The van der Waals surface area contributed by atoms with Crippen LogP contribution in [0.2, 0.25) is 0 Å². The number of aromatic nitrogens is 5. The van der Waals surface area contributed by atoms with E-state index < -0.39 is 11.2 Å². The van der Waals surface area contributed by atoms with Gasteiger partial charge in [0.25, 0.3) is 0 Å². The Morgan fingerprint density at radius 1 is 1.27 bits per heavy atom. The predicted molar refractivity (Wildman–Crippen MR) is 89.4 cm³/mol. The molecule has 4 rings (SSSR count). The fourth-order valence-corrected chi connectivity index (χ4v) is 2.74. The molecule has 8 nitrogen and oxygen atoms in total. The van der Waals surface area contributed by atoms with Crippen molar-refractivity contribution in [1.29, 1.82) is 0 Å². The first-order chi connectivity index (χ1) is 12.6. The molecule has 0 saturated heterocycles. The molecule has 0 aromatic carbocycles. The molecular weight excluding hydrogens is 339 g/mol. The minimum atomic E-state index is -0.918. The predicted octanol–water partition coefficient (Wildman–Crippen LogP) is 1.88. The summed E-state index contributed by atoms with van der Waals surface area (Å²) in [6, 6.07) is 4.72. The first-order valence-corrected chi connectivity index (χ1v) is 7.97. The maximum atomic E-state index is 14.0. The van der Waals surface area contributed by atoms with E-state index in [4.69, 9.17) is 4.74 Å². The van der Waals surface area contributed by atoms with Gasteiger partial charge in [0.05, 0.1) is 30.6 Å². The smallest absolute Gasteiger partial charge is 0.316 e. The zero-order valence-corrected chi connectivity index (χ0v) is 13.9. The third-order valence-electron chi connectivity index (χ3n) is 4.29. The molecule has 132 valence electrons. The number of anilines is 1. The second-order valence-corrected chi connectivity index (χ2v) is 5.94. The van der Waals surface area contributed by atoms with Crippen LogP contribution in [0.15, 0.2) is 43.0 Å². The number of halogens is 1. The third-order valence-corrected chi connectivity index (χ3v) is 4.29. The molecule has 0 atom stereocenters. The average molecular weight is 354 g/mol. The number of nitrogens with zero attached hydrogens (tertiary/aromatic N) is 5. The van der Waals surface area contributed by atoms with Crippen LogP contribution in [0.5, 0.6) is 6.01 Å². The number of nitrogens with one attached hydrogen (secondary N) is 1. The van der Waals surface area contributed by atoms with E-state index >= 15 is 0 Å². The lowest BCUT2D eigenvalue weighted by Gasteiger charge is -2.14. The van der Waals surface area contributed by atoms with E-state index in [1.807, 2.05) is 0 Å². The van der Waals surface area contributed by atoms with Gasteiger partial charge in [-0.15, -0.1) is 5.10 Å². The van der Waals surface area contributed by atoms with Gasteiger partial charge in [0.1, 0.15) is 11.5 Å². The Balaban J connectivity index is 1.52. The molecule has 1 fully saturated rings. The Labute approximate surface area is 148 Å². The van der Waals surface area contributed by atoms with Crippen molar-refractivity contribution in [2.45, 2.75) is 18.3 Å². The Kier molecular flexibility index (Phi) is 3.83. The molecule has 0 radical (unpaired) electrons. The van der Waals surface area contributed by atoms with Gasteiger partial charge in [0.15, 0.2) is 5.82 Å². The number of amides is 1. The molecule has 3 heterocycles. The van der Waals surface area contributed by atoms with Gasteiger partial charge >= 0.3 is 6.01 Å². The minimum Gasteiger partial charge on any atom is -0.467 e. The van der Waals surface area contributed by atoms with E-state index in [2.05, 4.69) is 25.4 Å². The molecule has 3 aromatic heterocycles. The number of carbonyl (C=O) groups is 1. The Hall–Kier alpha value is -3.36. The Bertz CT molecular complexity index is 952. The SMILES string of the molecule is COc1ncc(-n2ccc(NC(=O)C3(c4ncccc4F)CC3)n2)cn1. The van der Waals surface area contributed by atoms with Crippen LogP contribution in [0.4, 0.5) is 10.2 Å². The summed E-state index contributed by atoms with van der Waals surface area (Å²) >= 11 is 0. The van der Waals surface area contributed by atoms with E-state index in [0.29, 0.717) is 24.3 Å². The minimum absolute atomic E-state index is 0.181. The summed E-state index contributed by atoms with van der Waals surface area (Å²) < 4.78 is 20.5. The summed E-state index contributed by atoms with van der Waals surface area (Å²) in [5.74, 6) is -0.430. The highest BCUT2D eigenvalue weighted by molar-refractivity contribution is 6.00. The van der Waals surface area contributed by atoms with Crippen LogP contribution in [-0.4, -0.2) is 37.7 Å². The topological polar surface area (TPSA) is 94.8 Å². The molecule has 0 bridgehead atoms. The molecule has 1 aliphatic rings. The van der Waals surface area contributed by atoms with Crippen molar-refractivity contribution in [2.75, 3.05) is 12.4 Å². The van der Waals surface area contributed by atoms with Crippen LogP contribution in [-0.2, 0) is 10.2 Å². The maximum Gasteiger partial charge on any atom is 0.316 e. The quantitative estimate of drug-likeness (QED) is 0.752. The van der Waals surface area contributed by atoms with Crippen LogP contribution >= 0.6 is 0 Å². The van der Waals surface area contributed by atoms with E-state index in [0.717, 1.165) is 0 Å². The van der Waals surface area contributed by atoms with E-state index in [-0.39, 0.29) is 17.6 Å². The van der Waals surface area contributed by atoms with Gasteiger partial charge in [0.2, 0.25) is 5.91 Å². The molecule has 9 heteroatoms. The van der Waals surface area contributed by atoms with Gasteiger partial charge in [-0.25, -0.2) is 19.0 Å². The number of methoxy groups -OCH3 is 1. The highest BCUT2D eigenvalue weighted by Crippen LogP contribution is 2.48. The fourth-order valence-electron chi connectivity index (χ4n) is 2.74. The van der Waals surface area contributed by atoms with Crippen molar-refractivity contribution < 1.29 is 13.9 Å². The second-order valence-electron chi connectivity index (χ2n) is 5.94. The lowest BCUT2D eigenvalue weighted by molar-refractivity contribution is -0.118. The highest BCUT2D eigenvalue weighted by atomic mass is 19.1. The largest absolute Gasteiger partial charge is 0.467 e. The molecule has 0 unspecified atom stereocenters. The first-order valence-electron chi connectivity index (χ1n) is 7.97. The van der Waals surface area contributed by atoms with Crippen molar-refractivity contribution >= 4 is 11.7 Å². The molecule has 1 saturated carbocycles. The molecular formula is C17H15FN6O2. The number of ether oxygens (including phenoxy) is 1. The number of rotatable bonds is 5. The van der Waals surface area contributed by atoms with E-state index in [1.165, 1.54) is 30.1 Å². The van der Waals surface area contributed by atoms with Crippen molar-refractivity contribution in [2.24, 2.45) is 0 Å².